The van der Waals surface area contributed by atoms with Gasteiger partial charge < -0.3 is 15.6 Å². The van der Waals surface area contributed by atoms with Gasteiger partial charge >= 0.3 is 0 Å². The molecule has 1 fully saturated rings. The van der Waals surface area contributed by atoms with Crippen molar-refractivity contribution in [3.8, 4) is 0 Å². The number of hydrazine groups is 1. The standard InChI is InChI=1S/C9H20N4S/c1-9(7-11-8(14)12-10)3-5-13(2)6-4-9/h3-7,10H2,1-2H3,(H2,11,12,14). The average molecular weight is 216 g/mol. The quantitative estimate of drug-likeness (QED) is 0.346. The zero-order valence-corrected chi connectivity index (χ0v) is 9.78. The Morgan fingerprint density at radius 1 is 1.50 bits per heavy atom. The maximum atomic E-state index is 5.19. The van der Waals surface area contributed by atoms with Crippen LogP contribution in [0.1, 0.15) is 19.8 Å². The van der Waals surface area contributed by atoms with Crippen LogP contribution >= 0.6 is 12.2 Å². The van der Waals surface area contributed by atoms with Gasteiger partial charge in [0.2, 0.25) is 0 Å². The summed E-state index contributed by atoms with van der Waals surface area (Å²) in [6, 6.07) is 0. The molecular weight excluding hydrogens is 196 g/mol. The molecule has 0 bridgehead atoms. The van der Waals surface area contributed by atoms with E-state index in [0.29, 0.717) is 10.5 Å². The minimum atomic E-state index is 0.355. The monoisotopic (exact) mass is 216 g/mol. The average Bonchev–Trinajstić information content (AvgIpc) is 2.20. The summed E-state index contributed by atoms with van der Waals surface area (Å²) in [4.78, 5) is 2.36. The Kier molecular flexibility index (Phi) is 4.10. The van der Waals surface area contributed by atoms with E-state index in [1.165, 1.54) is 25.9 Å². The summed E-state index contributed by atoms with van der Waals surface area (Å²) < 4.78 is 0. The van der Waals surface area contributed by atoms with Crippen LogP contribution in [0.25, 0.3) is 0 Å². The van der Waals surface area contributed by atoms with Crippen LogP contribution in [0.15, 0.2) is 0 Å². The van der Waals surface area contributed by atoms with E-state index < -0.39 is 0 Å². The molecule has 0 radical (unpaired) electrons. The molecule has 1 rings (SSSR count). The Balaban J connectivity index is 2.31. The van der Waals surface area contributed by atoms with Crippen molar-refractivity contribution in [3.63, 3.8) is 0 Å². The van der Waals surface area contributed by atoms with Crippen LogP contribution in [-0.2, 0) is 0 Å². The molecule has 14 heavy (non-hydrogen) atoms. The Bertz CT molecular complexity index is 199. The first kappa shape index (κ1) is 11.7. The molecule has 0 aliphatic carbocycles. The van der Waals surface area contributed by atoms with E-state index in [1.54, 1.807) is 0 Å². The van der Waals surface area contributed by atoms with Crippen molar-refractivity contribution >= 4 is 17.3 Å². The van der Waals surface area contributed by atoms with Gasteiger partial charge in [0.1, 0.15) is 0 Å². The third kappa shape index (κ3) is 3.40. The molecule has 4 N–H and O–H groups in total. The zero-order chi connectivity index (χ0) is 10.6. The van der Waals surface area contributed by atoms with Gasteiger partial charge in [-0.2, -0.15) is 0 Å². The highest BCUT2D eigenvalue weighted by Crippen LogP contribution is 2.29. The second kappa shape index (κ2) is 4.91. The maximum Gasteiger partial charge on any atom is 0.180 e. The van der Waals surface area contributed by atoms with Crippen LogP contribution in [0.5, 0.6) is 0 Å². The van der Waals surface area contributed by atoms with E-state index in [-0.39, 0.29) is 0 Å². The van der Waals surface area contributed by atoms with E-state index in [0.717, 1.165) is 6.54 Å². The van der Waals surface area contributed by atoms with Crippen LogP contribution in [0.2, 0.25) is 0 Å². The summed E-state index contributed by atoms with van der Waals surface area (Å²) in [5.74, 6) is 5.19. The van der Waals surface area contributed by atoms with E-state index in [9.17, 15) is 0 Å². The van der Waals surface area contributed by atoms with Crippen molar-refractivity contribution in [2.45, 2.75) is 19.8 Å². The lowest BCUT2D eigenvalue weighted by atomic mass is 9.80. The number of thiocarbonyl (C=S) groups is 1. The number of nitrogens with two attached hydrogens (primary N) is 1. The van der Waals surface area contributed by atoms with Gasteiger partial charge in [0, 0.05) is 6.54 Å². The molecular formula is C9H20N4S. The van der Waals surface area contributed by atoms with Crippen molar-refractivity contribution in [1.29, 1.82) is 0 Å². The smallest absolute Gasteiger partial charge is 0.180 e. The van der Waals surface area contributed by atoms with E-state index in [2.05, 4.69) is 29.6 Å². The zero-order valence-electron chi connectivity index (χ0n) is 8.97. The van der Waals surface area contributed by atoms with Crippen LogP contribution in [-0.4, -0.2) is 36.7 Å². The number of nitrogens with zero attached hydrogens (tertiary/aromatic N) is 1. The third-order valence-electron chi connectivity index (χ3n) is 3.00. The van der Waals surface area contributed by atoms with Crippen molar-refractivity contribution in [2.24, 2.45) is 11.3 Å². The third-order valence-corrected chi connectivity index (χ3v) is 3.26. The fraction of sp³-hybridized carbons (Fsp3) is 0.889. The molecule has 1 aliphatic heterocycles. The molecule has 1 saturated heterocycles. The highest BCUT2D eigenvalue weighted by Gasteiger charge is 2.28. The minimum absolute atomic E-state index is 0.355. The highest BCUT2D eigenvalue weighted by atomic mass is 32.1. The van der Waals surface area contributed by atoms with Gasteiger partial charge in [0.25, 0.3) is 0 Å². The van der Waals surface area contributed by atoms with E-state index in [4.69, 9.17) is 18.1 Å². The topological polar surface area (TPSA) is 53.3 Å². The Morgan fingerprint density at radius 2 is 2.07 bits per heavy atom. The largest absolute Gasteiger partial charge is 0.361 e. The first-order valence-electron chi connectivity index (χ1n) is 4.99. The second-order valence-electron chi connectivity index (χ2n) is 4.44. The molecule has 0 atom stereocenters. The molecule has 0 amide bonds. The number of nitrogens with one attached hydrogen (secondary N) is 2. The molecule has 0 aromatic carbocycles. The normalized spacial score (nSPS) is 21.6. The molecule has 0 saturated carbocycles. The van der Waals surface area contributed by atoms with Gasteiger partial charge in [0.05, 0.1) is 0 Å². The summed E-state index contributed by atoms with van der Waals surface area (Å²) in [6.07, 6.45) is 2.42. The molecule has 1 aliphatic rings. The minimum Gasteiger partial charge on any atom is -0.361 e. The SMILES string of the molecule is CN1CCC(C)(CNC(=S)NN)CC1. The van der Waals surface area contributed by atoms with E-state index >= 15 is 0 Å². The molecule has 1 heterocycles. The summed E-state index contributed by atoms with van der Waals surface area (Å²) >= 11 is 4.94. The van der Waals surface area contributed by atoms with Gasteiger partial charge in [0.15, 0.2) is 5.11 Å². The van der Waals surface area contributed by atoms with E-state index in [1.807, 2.05) is 0 Å². The maximum absolute atomic E-state index is 5.19. The van der Waals surface area contributed by atoms with Crippen LogP contribution in [0.3, 0.4) is 0 Å². The van der Waals surface area contributed by atoms with Crippen molar-refractivity contribution in [2.75, 3.05) is 26.7 Å². The number of hydrogen-bond donors (Lipinski definition) is 3. The lowest BCUT2D eigenvalue weighted by molar-refractivity contribution is 0.142. The molecule has 0 spiro atoms. The molecule has 0 unspecified atom stereocenters. The molecule has 0 aromatic heterocycles. The molecule has 0 aromatic rings. The second-order valence-corrected chi connectivity index (χ2v) is 4.85. The van der Waals surface area contributed by atoms with Crippen LogP contribution < -0.4 is 16.6 Å². The van der Waals surface area contributed by atoms with Gasteiger partial charge in [-0.05, 0) is 50.6 Å². The molecule has 4 nitrogen and oxygen atoms in total. The fourth-order valence-electron chi connectivity index (χ4n) is 1.68. The number of likely N-dealkylation sites (tertiary alicyclic amines) is 1. The van der Waals surface area contributed by atoms with Gasteiger partial charge in [-0.15, -0.1) is 0 Å². The summed E-state index contributed by atoms with van der Waals surface area (Å²) in [5, 5.41) is 3.67. The summed E-state index contributed by atoms with van der Waals surface area (Å²) in [7, 11) is 2.17. The number of rotatable bonds is 2. The lowest BCUT2D eigenvalue weighted by Gasteiger charge is -2.38. The predicted octanol–water partition coefficient (Wildman–Crippen LogP) is 0.0561. The Morgan fingerprint density at radius 3 is 2.57 bits per heavy atom. The number of hydrogen-bond acceptors (Lipinski definition) is 3. The Labute approximate surface area is 91.2 Å². The first-order valence-corrected chi connectivity index (χ1v) is 5.39. The van der Waals surface area contributed by atoms with Crippen molar-refractivity contribution in [1.82, 2.24) is 15.6 Å². The predicted molar refractivity (Wildman–Crippen MR) is 62.8 cm³/mol. The van der Waals surface area contributed by atoms with Gasteiger partial charge in [-0.1, -0.05) is 6.92 Å². The van der Waals surface area contributed by atoms with Crippen molar-refractivity contribution < 1.29 is 0 Å². The van der Waals surface area contributed by atoms with Gasteiger partial charge in [-0.3, -0.25) is 0 Å². The van der Waals surface area contributed by atoms with Crippen LogP contribution in [0.4, 0.5) is 0 Å². The molecule has 82 valence electrons. The summed E-state index contributed by atoms with van der Waals surface area (Å²) in [6.45, 7) is 5.54. The Hall–Kier alpha value is -0.390. The molecule has 5 heteroatoms. The fourth-order valence-corrected chi connectivity index (χ4v) is 1.75. The van der Waals surface area contributed by atoms with Crippen molar-refractivity contribution in [3.05, 3.63) is 0 Å². The first-order chi connectivity index (χ1) is 6.56. The highest BCUT2D eigenvalue weighted by molar-refractivity contribution is 7.80. The lowest BCUT2D eigenvalue weighted by Crippen LogP contribution is -2.47. The van der Waals surface area contributed by atoms with Gasteiger partial charge in [-0.25, -0.2) is 5.84 Å². The summed E-state index contributed by atoms with van der Waals surface area (Å²) in [5.41, 5.74) is 2.80. The number of piperidine rings is 1. The van der Waals surface area contributed by atoms with Crippen LogP contribution in [0, 0.1) is 5.41 Å².